The first kappa shape index (κ1) is 19.3. The van der Waals surface area contributed by atoms with E-state index in [1.165, 1.54) is 20.1 Å². The first-order chi connectivity index (χ1) is 13.5. The lowest BCUT2D eigenvalue weighted by Gasteiger charge is -2.15. The zero-order valence-electron chi connectivity index (χ0n) is 15.8. The molecule has 2 aromatic rings. The number of carbonyl (C=O) groups excluding carboxylic acids is 2. The highest BCUT2D eigenvalue weighted by Gasteiger charge is 2.21. The van der Waals surface area contributed by atoms with E-state index < -0.39 is 18.0 Å². The Morgan fingerprint density at radius 2 is 1.89 bits per heavy atom. The summed E-state index contributed by atoms with van der Waals surface area (Å²) in [5.41, 5.74) is 0.767. The van der Waals surface area contributed by atoms with Gasteiger partial charge in [0.1, 0.15) is 0 Å². The molecule has 3 rings (SSSR count). The van der Waals surface area contributed by atoms with Gasteiger partial charge < -0.3 is 29.0 Å². The lowest BCUT2D eigenvalue weighted by Crippen LogP contribution is -2.30. The molecule has 148 valence electrons. The zero-order chi connectivity index (χ0) is 20.1. The molecule has 1 atom stereocenters. The number of methoxy groups -OCH3 is 1. The summed E-state index contributed by atoms with van der Waals surface area (Å²) in [6.45, 7) is 3.96. The predicted octanol–water partition coefficient (Wildman–Crippen LogP) is 3.01. The maximum atomic E-state index is 12.4. The number of hydrogen-bond donors (Lipinski definition) is 1. The number of anilines is 1. The second kappa shape index (κ2) is 8.51. The molecule has 1 amide bonds. The Balaban J connectivity index is 1.62. The first-order valence-corrected chi connectivity index (χ1v) is 8.74. The molecule has 0 saturated heterocycles. The summed E-state index contributed by atoms with van der Waals surface area (Å²) in [5.74, 6) is 0.981. The topological polar surface area (TPSA) is 92.3 Å². The van der Waals surface area contributed by atoms with Crippen molar-refractivity contribution in [1.82, 2.24) is 0 Å². The van der Waals surface area contributed by atoms with Gasteiger partial charge in [-0.05, 0) is 44.2 Å². The third kappa shape index (κ3) is 4.28. The molecule has 2 aromatic carbocycles. The van der Waals surface area contributed by atoms with E-state index in [9.17, 15) is 9.59 Å². The summed E-state index contributed by atoms with van der Waals surface area (Å²) in [5, 5.41) is 2.68. The number of nitrogens with one attached hydrogen (secondary N) is 1. The van der Waals surface area contributed by atoms with Crippen molar-refractivity contribution in [2.24, 2.45) is 0 Å². The van der Waals surface area contributed by atoms with Crippen LogP contribution < -0.4 is 24.3 Å². The Hall–Kier alpha value is -3.42. The lowest BCUT2D eigenvalue weighted by molar-refractivity contribution is -0.123. The van der Waals surface area contributed by atoms with Crippen molar-refractivity contribution in [3.05, 3.63) is 42.0 Å². The van der Waals surface area contributed by atoms with Gasteiger partial charge in [-0.3, -0.25) is 4.79 Å². The Kier molecular flexibility index (Phi) is 5.88. The standard InChI is InChI=1S/C20H21NO7/c1-4-25-15-7-5-13(9-17(15)24-3)20(23)28-12(2)19(22)21-14-6-8-16-18(10-14)27-11-26-16/h5-10,12H,4,11H2,1-3H3,(H,21,22). The van der Waals surface area contributed by atoms with Crippen LogP contribution in [0.25, 0.3) is 0 Å². The number of fused-ring (bicyclic) bond motifs is 1. The maximum Gasteiger partial charge on any atom is 0.339 e. The highest BCUT2D eigenvalue weighted by Crippen LogP contribution is 2.34. The van der Waals surface area contributed by atoms with E-state index in [0.717, 1.165) is 0 Å². The predicted molar refractivity (Wildman–Crippen MR) is 100 cm³/mol. The summed E-state index contributed by atoms with van der Waals surface area (Å²) in [7, 11) is 1.48. The van der Waals surface area contributed by atoms with Crippen LogP contribution >= 0.6 is 0 Å². The Morgan fingerprint density at radius 1 is 1.11 bits per heavy atom. The van der Waals surface area contributed by atoms with Gasteiger partial charge in [0.2, 0.25) is 6.79 Å². The van der Waals surface area contributed by atoms with E-state index in [1.54, 1.807) is 30.3 Å². The molecule has 0 saturated carbocycles. The molecule has 28 heavy (non-hydrogen) atoms. The summed E-state index contributed by atoms with van der Waals surface area (Å²) in [4.78, 5) is 24.7. The molecule has 8 heteroatoms. The number of ether oxygens (including phenoxy) is 5. The van der Waals surface area contributed by atoms with Gasteiger partial charge in [0.15, 0.2) is 29.1 Å². The normalized spacial score (nSPS) is 12.8. The van der Waals surface area contributed by atoms with Crippen LogP contribution in [-0.2, 0) is 9.53 Å². The average Bonchev–Trinajstić information content (AvgIpc) is 3.16. The smallest absolute Gasteiger partial charge is 0.339 e. The SMILES string of the molecule is CCOc1ccc(C(=O)OC(C)C(=O)Nc2ccc3c(c2)OCO3)cc1OC. The minimum Gasteiger partial charge on any atom is -0.493 e. The van der Waals surface area contributed by atoms with Crippen molar-refractivity contribution in [1.29, 1.82) is 0 Å². The Bertz CT molecular complexity index is 881. The second-order valence-corrected chi connectivity index (χ2v) is 5.90. The van der Waals surface area contributed by atoms with Crippen LogP contribution in [0.5, 0.6) is 23.0 Å². The van der Waals surface area contributed by atoms with E-state index in [1.807, 2.05) is 6.92 Å². The number of benzene rings is 2. The van der Waals surface area contributed by atoms with Gasteiger partial charge in [-0.2, -0.15) is 0 Å². The van der Waals surface area contributed by atoms with Gasteiger partial charge in [-0.25, -0.2) is 4.79 Å². The van der Waals surface area contributed by atoms with Gasteiger partial charge >= 0.3 is 5.97 Å². The summed E-state index contributed by atoms with van der Waals surface area (Å²) in [6.07, 6.45) is -1.00. The largest absolute Gasteiger partial charge is 0.493 e. The Labute approximate surface area is 162 Å². The minimum atomic E-state index is -1.00. The average molecular weight is 387 g/mol. The zero-order valence-corrected chi connectivity index (χ0v) is 15.8. The molecule has 0 radical (unpaired) electrons. The highest BCUT2D eigenvalue weighted by molar-refractivity contribution is 5.97. The molecule has 0 bridgehead atoms. The number of carbonyl (C=O) groups is 2. The Morgan fingerprint density at radius 3 is 2.64 bits per heavy atom. The summed E-state index contributed by atoms with van der Waals surface area (Å²) >= 11 is 0. The van der Waals surface area contributed by atoms with E-state index in [2.05, 4.69) is 5.32 Å². The highest BCUT2D eigenvalue weighted by atomic mass is 16.7. The van der Waals surface area contributed by atoms with Crippen LogP contribution in [0.4, 0.5) is 5.69 Å². The molecule has 0 aliphatic carbocycles. The van der Waals surface area contributed by atoms with Crippen LogP contribution in [0, 0.1) is 0 Å². The number of esters is 1. The van der Waals surface area contributed by atoms with Crippen LogP contribution in [0.15, 0.2) is 36.4 Å². The number of amides is 1. The molecule has 8 nitrogen and oxygen atoms in total. The molecule has 0 fully saturated rings. The molecule has 0 spiro atoms. The fourth-order valence-corrected chi connectivity index (χ4v) is 2.57. The maximum absolute atomic E-state index is 12.4. The molecule has 1 N–H and O–H groups in total. The van der Waals surface area contributed by atoms with Crippen LogP contribution in [0.1, 0.15) is 24.2 Å². The second-order valence-electron chi connectivity index (χ2n) is 5.90. The third-order valence-corrected chi connectivity index (χ3v) is 3.99. The molecular formula is C20H21NO7. The molecule has 1 aliphatic heterocycles. The van der Waals surface area contributed by atoms with E-state index >= 15 is 0 Å². The molecule has 1 unspecified atom stereocenters. The number of rotatable bonds is 7. The van der Waals surface area contributed by atoms with Crippen LogP contribution in [0.2, 0.25) is 0 Å². The van der Waals surface area contributed by atoms with E-state index in [0.29, 0.717) is 35.3 Å². The minimum absolute atomic E-state index is 0.145. The van der Waals surface area contributed by atoms with Crippen molar-refractivity contribution in [2.45, 2.75) is 20.0 Å². The van der Waals surface area contributed by atoms with Gasteiger partial charge in [0, 0.05) is 11.8 Å². The van der Waals surface area contributed by atoms with Gasteiger partial charge in [0.05, 0.1) is 19.3 Å². The van der Waals surface area contributed by atoms with E-state index in [-0.39, 0.29) is 12.4 Å². The summed E-state index contributed by atoms with van der Waals surface area (Å²) < 4.78 is 26.4. The van der Waals surface area contributed by atoms with Crippen molar-refractivity contribution >= 4 is 17.6 Å². The van der Waals surface area contributed by atoms with Crippen LogP contribution in [0.3, 0.4) is 0 Å². The lowest BCUT2D eigenvalue weighted by atomic mass is 10.2. The van der Waals surface area contributed by atoms with Gasteiger partial charge in [0.25, 0.3) is 5.91 Å². The molecule has 1 heterocycles. The van der Waals surface area contributed by atoms with Crippen molar-refractivity contribution < 1.29 is 33.3 Å². The molecular weight excluding hydrogens is 366 g/mol. The van der Waals surface area contributed by atoms with Crippen molar-refractivity contribution in [3.63, 3.8) is 0 Å². The van der Waals surface area contributed by atoms with Crippen molar-refractivity contribution in [3.8, 4) is 23.0 Å². The van der Waals surface area contributed by atoms with Gasteiger partial charge in [-0.1, -0.05) is 0 Å². The fourth-order valence-electron chi connectivity index (χ4n) is 2.57. The van der Waals surface area contributed by atoms with Gasteiger partial charge in [-0.15, -0.1) is 0 Å². The fraction of sp³-hybridized carbons (Fsp3) is 0.300. The van der Waals surface area contributed by atoms with Crippen molar-refractivity contribution in [2.75, 3.05) is 25.8 Å². The summed E-state index contributed by atoms with van der Waals surface area (Å²) in [6, 6.07) is 9.70. The van der Waals surface area contributed by atoms with E-state index in [4.69, 9.17) is 23.7 Å². The quantitative estimate of drug-likeness (QED) is 0.730. The third-order valence-electron chi connectivity index (χ3n) is 3.99. The number of hydrogen-bond acceptors (Lipinski definition) is 7. The monoisotopic (exact) mass is 387 g/mol. The molecule has 1 aliphatic rings. The first-order valence-electron chi connectivity index (χ1n) is 8.74. The molecule has 0 aromatic heterocycles. The van der Waals surface area contributed by atoms with Crippen LogP contribution in [-0.4, -0.2) is 38.5 Å².